The van der Waals surface area contributed by atoms with Crippen LogP contribution in [0.3, 0.4) is 0 Å². The molecule has 0 saturated carbocycles. The van der Waals surface area contributed by atoms with E-state index < -0.39 is 5.97 Å². The summed E-state index contributed by atoms with van der Waals surface area (Å²) in [4.78, 5) is 10.9. The number of carbonyl (C=O) groups is 1. The average molecular weight is 284 g/mol. The molecule has 0 radical (unpaired) electrons. The minimum absolute atomic E-state index is 0.117. The van der Waals surface area contributed by atoms with Gasteiger partial charge in [-0.1, -0.05) is 15.9 Å². The van der Waals surface area contributed by atoms with E-state index in [0.29, 0.717) is 29.7 Å². The monoisotopic (exact) mass is 283 g/mol. The van der Waals surface area contributed by atoms with Crippen LogP contribution >= 0.6 is 15.9 Å². The van der Waals surface area contributed by atoms with Gasteiger partial charge in [0.2, 0.25) is 0 Å². The molecule has 4 nitrogen and oxygen atoms in total. The van der Waals surface area contributed by atoms with Gasteiger partial charge in [0, 0.05) is 10.9 Å². The van der Waals surface area contributed by atoms with Crippen LogP contribution in [0.25, 0.3) is 0 Å². The Morgan fingerprint density at radius 1 is 1.56 bits per heavy atom. The highest BCUT2D eigenvalue weighted by Gasteiger charge is 2.11. The summed E-state index contributed by atoms with van der Waals surface area (Å²) >= 11 is 3.20. The molecule has 1 rings (SSSR count). The molecule has 0 aliphatic carbocycles. The van der Waals surface area contributed by atoms with E-state index in [2.05, 4.69) is 15.9 Å². The van der Waals surface area contributed by atoms with Gasteiger partial charge in [0.1, 0.15) is 11.3 Å². The predicted molar refractivity (Wildman–Crippen MR) is 61.4 cm³/mol. The zero-order valence-corrected chi connectivity index (χ0v) is 10.0. The smallest absolute Gasteiger partial charge is 0.339 e. The Balaban J connectivity index is 2.72. The number of nitrogens with zero attached hydrogens (tertiary/aromatic N) is 1. The highest BCUT2D eigenvalue weighted by molar-refractivity contribution is 9.10. The first-order chi connectivity index (χ1) is 7.65. The highest BCUT2D eigenvalue weighted by atomic mass is 79.9. The lowest BCUT2D eigenvalue weighted by atomic mass is 10.2. The summed E-state index contributed by atoms with van der Waals surface area (Å²) in [5.74, 6) is -0.703. The van der Waals surface area contributed by atoms with Crippen LogP contribution in [0.2, 0.25) is 0 Å². The zero-order valence-electron chi connectivity index (χ0n) is 8.44. The van der Waals surface area contributed by atoms with Crippen LogP contribution in [0.4, 0.5) is 0 Å². The van der Waals surface area contributed by atoms with Gasteiger partial charge in [-0.25, -0.2) is 4.79 Å². The third kappa shape index (κ3) is 3.55. The number of halogens is 1. The Labute approximate surface area is 102 Å². The predicted octanol–water partition coefficient (Wildman–Crippen LogP) is 2.83. The molecule has 1 aromatic carbocycles. The number of hydrogen-bond acceptors (Lipinski definition) is 3. The van der Waals surface area contributed by atoms with Crippen molar-refractivity contribution in [2.75, 3.05) is 6.61 Å². The van der Waals surface area contributed by atoms with Crippen molar-refractivity contribution in [2.24, 2.45) is 0 Å². The molecule has 0 atom stereocenters. The summed E-state index contributed by atoms with van der Waals surface area (Å²) in [7, 11) is 0. The number of aromatic carboxylic acids is 1. The van der Waals surface area contributed by atoms with Gasteiger partial charge in [-0.05, 0) is 24.6 Å². The van der Waals surface area contributed by atoms with Crippen LogP contribution in [0.5, 0.6) is 5.75 Å². The van der Waals surface area contributed by atoms with Crippen molar-refractivity contribution in [3.05, 3.63) is 28.2 Å². The first-order valence-electron chi connectivity index (χ1n) is 4.67. The summed E-state index contributed by atoms with van der Waals surface area (Å²) in [5.41, 5.74) is 0.117. The molecule has 0 aromatic heterocycles. The number of carboxylic acids is 1. The van der Waals surface area contributed by atoms with Gasteiger partial charge in [-0.3, -0.25) is 0 Å². The molecule has 0 aliphatic rings. The van der Waals surface area contributed by atoms with E-state index in [1.165, 1.54) is 6.07 Å². The van der Waals surface area contributed by atoms with Crippen molar-refractivity contribution in [3.8, 4) is 11.8 Å². The number of carboxylic acid groups (broad SMARTS) is 1. The standard InChI is InChI=1S/C11H10BrNO3/c12-8-3-4-10(9(7-8)11(14)15)16-6-2-1-5-13/h3-4,7H,1-2,6H2,(H,14,15). The number of nitriles is 1. The van der Waals surface area contributed by atoms with Gasteiger partial charge >= 0.3 is 5.97 Å². The molecule has 84 valence electrons. The minimum Gasteiger partial charge on any atom is -0.493 e. The number of benzene rings is 1. The topological polar surface area (TPSA) is 70.3 Å². The van der Waals surface area contributed by atoms with Crippen LogP contribution in [-0.4, -0.2) is 17.7 Å². The van der Waals surface area contributed by atoms with E-state index in [4.69, 9.17) is 15.1 Å². The summed E-state index contributed by atoms with van der Waals surface area (Å²) in [5, 5.41) is 17.3. The molecule has 0 bridgehead atoms. The molecular formula is C11H10BrNO3. The second kappa shape index (κ2) is 6.13. The van der Waals surface area contributed by atoms with Gasteiger partial charge in [0.25, 0.3) is 0 Å². The van der Waals surface area contributed by atoms with E-state index in [-0.39, 0.29) is 5.56 Å². The van der Waals surface area contributed by atoms with E-state index in [1.807, 2.05) is 6.07 Å². The molecule has 0 saturated heterocycles. The molecule has 0 heterocycles. The maximum absolute atomic E-state index is 10.9. The molecular weight excluding hydrogens is 274 g/mol. The normalized spacial score (nSPS) is 9.50. The Hall–Kier alpha value is -1.54. The lowest BCUT2D eigenvalue weighted by Crippen LogP contribution is -2.04. The van der Waals surface area contributed by atoms with Crippen molar-refractivity contribution in [3.63, 3.8) is 0 Å². The van der Waals surface area contributed by atoms with E-state index in [9.17, 15) is 4.79 Å². The largest absolute Gasteiger partial charge is 0.493 e. The quantitative estimate of drug-likeness (QED) is 0.844. The summed E-state index contributed by atoms with van der Waals surface area (Å²) in [6.45, 7) is 0.343. The fraction of sp³-hybridized carbons (Fsp3) is 0.273. The molecule has 1 aromatic rings. The number of ether oxygens (including phenoxy) is 1. The van der Waals surface area contributed by atoms with Gasteiger partial charge in [-0.15, -0.1) is 0 Å². The summed E-state index contributed by atoms with van der Waals surface area (Å²) in [6, 6.07) is 6.80. The average Bonchev–Trinajstić information content (AvgIpc) is 2.26. The van der Waals surface area contributed by atoms with E-state index in [0.717, 1.165) is 0 Å². The van der Waals surface area contributed by atoms with Crippen molar-refractivity contribution in [1.82, 2.24) is 0 Å². The Morgan fingerprint density at radius 2 is 2.31 bits per heavy atom. The number of unbranched alkanes of at least 4 members (excludes halogenated alkanes) is 1. The molecule has 1 N–H and O–H groups in total. The second-order valence-corrected chi connectivity index (χ2v) is 3.97. The fourth-order valence-corrected chi connectivity index (χ4v) is 1.49. The maximum Gasteiger partial charge on any atom is 0.339 e. The number of hydrogen-bond donors (Lipinski definition) is 1. The van der Waals surface area contributed by atoms with Crippen LogP contribution in [0.15, 0.2) is 22.7 Å². The van der Waals surface area contributed by atoms with Crippen LogP contribution < -0.4 is 4.74 Å². The van der Waals surface area contributed by atoms with E-state index >= 15 is 0 Å². The molecule has 0 amide bonds. The van der Waals surface area contributed by atoms with Crippen LogP contribution in [-0.2, 0) is 0 Å². The van der Waals surface area contributed by atoms with Gasteiger partial charge < -0.3 is 9.84 Å². The van der Waals surface area contributed by atoms with Gasteiger partial charge in [-0.2, -0.15) is 5.26 Å². The van der Waals surface area contributed by atoms with Crippen molar-refractivity contribution in [1.29, 1.82) is 5.26 Å². The SMILES string of the molecule is N#CCCCOc1ccc(Br)cc1C(=O)O. The van der Waals surface area contributed by atoms with E-state index in [1.54, 1.807) is 12.1 Å². The highest BCUT2D eigenvalue weighted by Crippen LogP contribution is 2.23. The summed E-state index contributed by atoms with van der Waals surface area (Å²) in [6.07, 6.45) is 0.991. The molecule has 16 heavy (non-hydrogen) atoms. The lowest BCUT2D eigenvalue weighted by molar-refractivity contribution is 0.0692. The second-order valence-electron chi connectivity index (χ2n) is 3.06. The maximum atomic E-state index is 10.9. The van der Waals surface area contributed by atoms with Crippen molar-refractivity contribution >= 4 is 21.9 Å². The van der Waals surface area contributed by atoms with Gasteiger partial charge in [0.15, 0.2) is 0 Å². The summed E-state index contributed by atoms with van der Waals surface area (Å²) < 4.78 is 5.99. The lowest BCUT2D eigenvalue weighted by Gasteiger charge is -2.08. The van der Waals surface area contributed by atoms with Crippen LogP contribution in [0.1, 0.15) is 23.2 Å². The minimum atomic E-state index is -1.03. The Kier molecular flexibility index (Phi) is 4.80. The van der Waals surface area contributed by atoms with Crippen molar-refractivity contribution in [2.45, 2.75) is 12.8 Å². The molecule has 0 unspecified atom stereocenters. The molecule has 5 heteroatoms. The molecule has 0 spiro atoms. The first-order valence-corrected chi connectivity index (χ1v) is 5.47. The molecule has 0 aliphatic heterocycles. The third-order valence-electron chi connectivity index (χ3n) is 1.86. The Bertz CT molecular complexity index is 426. The van der Waals surface area contributed by atoms with Crippen molar-refractivity contribution < 1.29 is 14.6 Å². The fourth-order valence-electron chi connectivity index (χ4n) is 1.13. The molecule has 0 fully saturated rings. The zero-order chi connectivity index (χ0) is 12.0. The van der Waals surface area contributed by atoms with Gasteiger partial charge in [0.05, 0.1) is 12.7 Å². The first kappa shape index (κ1) is 12.5. The third-order valence-corrected chi connectivity index (χ3v) is 2.36. The Morgan fingerprint density at radius 3 is 2.94 bits per heavy atom. The van der Waals surface area contributed by atoms with Crippen LogP contribution in [0, 0.1) is 11.3 Å². The number of rotatable bonds is 5.